The van der Waals surface area contributed by atoms with Gasteiger partial charge in [-0.05, 0) is 26.3 Å². The summed E-state index contributed by atoms with van der Waals surface area (Å²) in [5.74, 6) is -0.787. The van der Waals surface area contributed by atoms with E-state index in [1.54, 1.807) is 13.0 Å². The molecule has 0 saturated heterocycles. The second-order valence-electron chi connectivity index (χ2n) is 1.61. The summed E-state index contributed by atoms with van der Waals surface area (Å²) in [5.41, 5.74) is 1.47. The minimum Gasteiger partial charge on any atom is -0.216 e. The predicted molar refractivity (Wildman–Crippen MR) is 52.6 cm³/mol. The molecule has 0 atom stereocenters. The van der Waals surface area contributed by atoms with E-state index in [4.69, 9.17) is 11.6 Å². The lowest BCUT2D eigenvalue weighted by atomic mass is 10.7. The van der Waals surface area contributed by atoms with Crippen LogP contribution in [0, 0.1) is 0 Å². The lowest BCUT2D eigenvalue weighted by Crippen LogP contribution is -1.46. The highest BCUT2D eigenvalue weighted by atomic mass is 35.5. The zero-order valence-electron chi connectivity index (χ0n) is 7.90. The fraction of sp³-hybridized carbons (Fsp3) is 0.333. The largest absolute Gasteiger partial charge is 0.216 e. The van der Waals surface area contributed by atoms with Crippen LogP contribution in [0.5, 0.6) is 0 Å². The SMILES string of the molecule is C/C(F)=C\F.C/C=C\Cl.C/C=C\F. The Morgan fingerprint density at radius 2 is 1.38 bits per heavy atom. The molecule has 0 unspecified atom stereocenters. The van der Waals surface area contributed by atoms with Crippen molar-refractivity contribution in [1.82, 2.24) is 0 Å². The van der Waals surface area contributed by atoms with E-state index in [0.29, 0.717) is 6.33 Å². The van der Waals surface area contributed by atoms with Crippen LogP contribution in [0.25, 0.3) is 0 Å². The molecule has 0 radical (unpaired) electrons. The normalized spacial score (nSPS) is 10.5. The highest BCUT2D eigenvalue weighted by Gasteiger charge is 1.70. The molecule has 0 aliphatic rings. The molecule has 0 aliphatic heterocycles. The molecule has 0 heterocycles. The molecule has 0 spiro atoms. The van der Waals surface area contributed by atoms with Gasteiger partial charge < -0.3 is 0 Å². The van der Waals surface area contributed by atoms with Crippen LogP contribution in [0.15, 0.2) is 36.2 Å². The summed E-state index contributed by atoms with van der Waals surface area (Å²) in [5, 5.41) is 0. The van der Waals surface area contributed by atoms with Crippen molar-refractivity contribution in [3.8, 4) is 0 Å². The lowest BCUT2D eigenvalue weighted by Gasteiger charge is -1.65. The van der Waals surface area contributed by atoms with E-state index >= 15 is 0 Å². The van der Waals surface area contributed by atoms with Crippen molar-refractivity contribution in [2.24, 2.45) is 0 Å². The van der Waals surface area contributed by atoms with Gasteiger partial charge in [-0.25, -0.2) is 13.2 Å². The Morgan fingerprint density at radius 3 is 1.38 bits per heavy atom. The van der Waals surface area contributed by atoms with Crippen molar-refractivity contribution in [1.29, 1.82) is 0 Å². The minimum absolute atomic E-state index is 0.0833. The van der Waals surface area contributed by atoms with E-state index in [9.17, 15) is 13.2 Å². The van der Waals surface area contributed by atoms with Crippen molar-refractivity contribution in [3.05, 3.63) is 36.2 Å². The Morgan fingerprint density at radius 1 is 1.15 bits per heavy atom. The quantitative estimate of drug-likeness (QED) is 0.530. The Labute approximate surface area is 82.4 Å². The van der Waals surface area contributed by atoms with E-state index in [1.807, 2.05) is 6.92 Å². The molecule has 13 heavy (non-hydrogen) atoms. The first-order valence-corrected chi connectivity index (χ1v) is 3.89. The maximum Gasteiger partial charge on any atom is 0.125 e. The van der Waals surface area contributed by atoms with Gasteiger partial charge in [0.25, 0.3) is 0 Å². The fourth-order valence-electron chi connectivity index (χ4n) is 0. The average Bonchev–Trinajstić information content (AvgIpc) is 2.18. The smallest absolute Gasteiger partial charge is 0.125 e. The van der Waals surface area contributed by atoms with Crippen LogP contribution in [0.3, 0.4) is 0 Å². The van der Waals surface area contributed by atoms with Gasteiger partial charge in [-0.15, -0.1) is 0 Å². The van der Waals surface area contributed by atoms with Crippen LogP contribution in [0.1, 0.15) is 20.8 Å². The zero-order valence-corrected chi connectivity index (χ0v) is 8.65. The van der Waals surface area contributed by atoms with Gasteiger partial charge in [0.15, 0.2) is 0 Å². The molecule has 78 valence electrons. The summed E-state index contributed by atoms with van der Waals surface area (Å²) in [7, 11) is 0. The first-order chi connectivity index (χ1) is 6.10. The van der Waals surface area contributed by atoms with Gasteiger partial charge in [0.2, 0.25) is 0 Å². The van der Waals surface area contributed by atoms with Crippen molar-refractivity contribution in [3.63, 3.8) is 0 Å². The maximum atomic E-state index is 10.9. The van der Waals surface area contributed by atoms with Gasteiger partial charge in [-0.1, -0.05) is 23.8 Å². The molecule has 0 aromatic rings. The van der Waals surface area contributed by atoms with Gasteiger partial charge in [0.05, 0.1) is 6.33 Å². The van der Waals surface area contributed by atoms with Gasteiger partial charge in [-0.3, -0.25) is 0 Å². The van der Waals surface area contributed by atoms with E-state index < -0.39 is 5.83 Å². The fourth-order valence-corrected chi connectivity index (χ4v) is 0. The van der Waals surface area contributed by atoms with E-state index in [1.165, 1.54) is 11.6 Å². The molecular weight excluding hydrogens is 201 g/mol. The summed E-state index contributed by atoms with van der Waals surface area (Å²) in [6.07, 6.45) is 3.52. The number of hydrogen-bond donors (Lipinski definition) is 0. The van der Waals surface area contributed by atoms with E-state index in [0.717, 1.165) is 6.92 Å². The van der Waals surface area contributed by atoms with Gasteiger partial charge in [0.1, 0.15) is 12.2 Å². The number of hydrogen-bond acceptors (Lipinski definition) is 0. The zero-order chi connectivity index (χ0) is 11.1. The van der Waals surface area contributed by atoms with Crippen molar-refractivity contribution < 1.29 is 13.2 Å². The Balaban J connectivity index is -0.000000117. The summed E-state index contributed by atoms with van der Waals surface area (Å²) in [6.45, 7) is 4.53. The summed E-state index contributed by atoms with van der Waals surface area (Å²) >= 11 is 5.01. The van der Waals surface area contributed by atoms with Crippen LogP contribution >= 0.6 is 11.6 Å². The van der Waals surface area contributed by atoms with E-state index in [2.05, 4.69) is 0 Å². The molecule has 0 rings (SSSR count). The van der Waals surface area contributed by atoms with Gasteiger partial charge in [0, 0.05) is 0 Å². The first kappa shape index (κ1) is 18.2. The molecule has 0 aromatic heterocycles. The summed E-state index contributed by atoms with van der Waals surface area (Å²) in [6, 6.07) is 0. The second kappa shape index (κ2) is 22.5. The van der Waals surface area contributed by atoms with Gasteiger partial charge in [-0.2, -0.15) is 0 Å². The second-order valence-corrected chi connectivity index (χ2v) is 1.87. The Kier molecular flexibility index (Phi) is 31.4. The van der Waals surface area contributed by atoms with Crippen LogP contribution < -0.4 is 0 Å². The van der Waals surface area contributed by atoms with Crippen LogP contribution in [0.4, 0.5) is 13.2 Å². The molecule has 0 N–H and O–H groups in total. The number of rotatable bonds is 0. The predicted octanol–water partition coefficient (Wildman–Crippen LogP) is 5.04. The van der Waals surface area contributed by atoms with Crippen LogP contribution in [-0.2, 0) is 0 Å². The van der Waals surface area contributed by atoms with Crippen molar-refractivity contribution >= 4 is 11.6 Å². The van der Waals surface area contributed by atoms with Crippen LogP contribution in [0.2, 0.25) is 0 Å². The molecule has 0 aromatic carbocycles. The first-order valence-electron chi connectivity index (χ1n) is 3.45. The Bertz CT molecular complexity index is 129. The third-order valence-electron chi connectivity index (χ3n) is 0.402. The summed E-state index contributed by atoms with van der Waals surface area (Å²) < 4.78 is 32.0. The molecule has 0 amide bonds. The maximum absolute atomic E-state index is 10.9. The third kappa shape index (κ3) is 89.7. The van der Waals surface area contributed by atoms with Crippen molar-refractivity contribution in [2.45, 2.75) is 20.8 Å². The highest BCUT2D eigenvalue weighted by Crippen LogP contribution is 1.89. The molecule has 0 aliphatic carbocycles. The standard InChI is InChI=1S/C3H5Cl.C3H4F2.C3H5F/c1-2-3-4;1-3(5)2-4;1-2-3-4/h2-3H,1H3;2H,1H3;2-3H,1H3/b3-2-;3-2+;3-2-. The molecule has 0 nitrogen and oxygen atoms in total. The van der Waals surface area contributed by atoms with E-state index in [-0.39, 0.29) is 6.33 Å². The minimum atomic E-state index is -0.787. The lowest BCUT2D eigenvalue weighted by molar-refractivity contribution is 0.586. The van der Waals surface area contributed by atoms with Crippen LogP contribution in [-0.4, -0.2) is 0 Å². The molecule has 0 bridgehead atoms. The monoisotopic (exact) mass is 214 g/mol. The number of halogens is 4. The summed E-state index contributed by atoms with van der Waals surface area (Å²) in [4.78, 5) is 0. The molecular formula is C9H14ClF3. The highest BCUT2D eigenvalue weighted by molar-refractivity contribution is 6.25. The Hall–Kier alpha value is -0.700. The van der Waals surface area contributed by atoms with Gasteiger partial charge >= 0.3 is 0 Å². The molecule has 4 heteroatoms. The topological polar surface area (TPSA) is 0 Å². The number of allylic oxidation sites excluding steroid dienone is 3. The molecule has 0 fully saturated rings. The molecule has 0 saturated carbocycles. The average molecular weight is 215 g/mol. The van der Waals surface area contributed by atoms with Crippen molar-refractivity contribution in [2.75, 3.05) is 0 Å². The third-order valence-corrected chi connectivity index (χ3v) is 0.654.